The van der Waals surface area contributed by atoms with Crippen molar-refractivity contribution in [3.8, 4) is 11.5 Å². The van der Waals surface area contributed by atoms with E-state index in [0.29, 0.717) is 17.2 Å². The monoisotopic (exact) mass is 388 g/mol. The van der Waals surface area contributed by atoms with Gasteiger partial charge < -0.3 is 14.8 Å². The van der Waals surface area contributed by atoms with Gasteiger partial charge >= 0.3 is 0 Å². The van der Waals surface area contributed by atoms with Crippen molar-refractivity contribution in [2.75, 3.05) is 12.1 Å². The van der Waals surface area contributed by atoms with Gasteiger partial charge in [0, 0.05) is 17.8 Å². The van der Waals surface area contributed by atoms with E-state index < -0.39 is 10.0 Å². The molecule has 2 aromatic carbocycles. The van der Waals surface area contributed by atoms with Gasteiger partial charge in [-0.2, -0.15) is 0 Å². The standard InChI is InChI=1S/C19H20N2O5S/c1-13(2)21-27(23,24)16-7-5-15(6-8-16)20-19(22)10-4-14-3-9-17-18(11-14)26-12-25-17/h3-11,13,21H,12H2,1-2H3,(H,20,22)/b10-4+. The SMILES string of the molecule is CC(C)NS(=O)(=O)c1ccc(NC(=O)/C=C/c2ccc3c(c2)OCO3)cc1. The van der Waals surface area contributed by atoms with Crippen molar-refractivity contribution in [1.82, 2.24) is 4.72 Å². The lowest BCUT2D eigenvalue weighted by Crippen LogP contribution is -2.30. The third kappa shape index (κ3) is 4.87. The smallest absolute Gasteiger partial charge is 0.248 e. The second-order valence-electron chi connectivity index (χ2n) is 6.24. The van der Waals surface area contributed by atoms with E-state index in [4.69, 9.17) is 9.47 Å². The molecule has 0 atom stereocenters. The Morgan fingerprint density at radius 3 is 2.48 bits per heavy atom. The second kappa shape index (κ2) is 7.81. The molecule has 2 aromatic rings. The molecule has 0 unspecified atom stereocenters. The number of nitrogens with one attached hydrogen (secondary N) is 2. The van der Waals surface area contributed by atoms with Crippen molar-refractivity contribution in [2.45, 2.75) is 24.8 Å². The number of benzene rings is 2. The van der Waals surface area contributed by atoms with Crippen molar-refractivity contribution < 1.29 is 22.7 Å². The molecular weight excluding hydrogens is 368 g/mol. The third-order valence-corrected chi connectivity index (χ3v) is 5.32. The van der Waals surface area contributed by atoms with E-state index >= 15 is 0 Å². The lowest BCUT2D eigenvalue weighted by molar-refractivity contribution is -0.111. The molecule has 142 valence electrons. The van der Waals surface area contributed by atoms with Crippen molar-refractivity contribution in [2.24, 2.45) is 0 Å². The molecule has 1 aliphatic heterocycles. The Morgan fingerprint density at radius 2 is 1.78 bits per heavy atom. The van der Waals surface area contributed by atoms with Crippen molar-refractivity contribution >= 4 is 27.7 Å². The Bertz CT molecular complexity index is 966. The topological polar surface area (TPSA) is 93.7 Å². The molecule has 0 spiro atoms. The Morgan fingerprint density at radius 1 is 1.07 bits per heavy atom. The summed E-state index contributed by atoms with van der Waals surface area (Å²) >= 11 is 0. The zero-order valence-electron chi connectivity index (χ0n) is 14.9. The van der Waals surface area contributed by atoms with Crippen LogP contribution in [0.1, 0.15) is 19.4 Å². The van der Waals surface area contributed by atoms with Crippen LogP contribution in [0.5, 0.6) is 11.5 Å². The fourth-order valence-corrected chi connectivity index (χ4v) is 3.72. The maximum atomic E-state index is 12.1. The second-order valence-corrected chi connectivity index (χ2v) is 7.95. The first kappa shape index (κ1) is 18.9. The first-order valence-corrected chi connectivity index (χ1v) is 9.83. The molecule has 0 saturated heterocycles. The molecule has 7 nitrogen and oxygen atoms in total. The summed E-state index contributed by atoms with van der Waals surface area (Å²) in [6, 6.07) is 11.2. The number of amides is 1. The third-order valence-electron chi connectivity index (χ3n) is 3.65. The van der Waals surface area contributed by atoms with Crippen LogP contribution in [-0.4, -0.2) is 27.2 Å². The number of ether oxygens (including phenoxy) is 2. The summed E-state index contributed by atoms with van der Waals surface area (Å²) in [5.74, 6) is 0.992. The molecule has 2 N–H and O–H groups in total. The lowest BCUT2D eigenvalue weighted by Gasteiger charge is -2.10. The van der Waals surface area contributed by atoms with E-state index in [1.54, 1.807) is 44.2 Å². The van der Waals surface area contributed by atoms with E-state index in [2.05, 4.69) is 10.0 Å². The van der Waals surface area contributed by atoms with Crippen molar-refractivity contribution in [3.05, 3.63) is 54.1 Å². The Hall–Kier alpha value is -2.84. The highest BCUT2D eigenvalue weighted by atomic mass is 32.2. The van der Waals surface area contributed by atoms with E-state index in [0.717, 1.165) is 5.56 Å². The fourth-order valence-electron chi connectivity index (χ4n) is 2.47. The minimum atomic E-state index is -3.55. The maximum absolute atomic E-state index is 12.1. The van der Waals surface area contributed by atoms with Crippen molar-refractivity contribution in [1.29, 1.82) is 0 Å². The van der Waals surface area contributed by atoms with Crippen molar-refractivity contribution in [3.63, 3.8) is 0 Å². The summed E-state index contributed by atoms with van der Waals surface area (Å²) in [6.45, 7) is 3.69. The number of fused-ring (bicyclic) bond motifs is 1. The number of carbonyl (C=O) groups is 1. The molecule has 0 radical (unpaired) electrons. The summed E-state index contributed by atoms with van der Waals surface area (Å²) in [5.41, 5.74) is 1.30. The number of hydrogen-bond acceptors (Lipinski definition) is 5. The molecule has 0 bridgehead atoms. The van der Waals surface area contributed by atoms with Gasteiger partial charge in [0.25, 0.3) is 0 Å². The molecule has 1 amide bonds. The summed E-state index contributed by atoms with van der Waals surface area (Å²) in [4.78, 5) is 12.2. The van der Waals surface area contributed by atoms with Crippen LogP contribution in [-0.2, 0) is 14.8 Å². The Balaban J connectivity index is 1.62. The molecule has 8 heteroatoms. The quantitative estimate of drug-likeness (QED) is 0.742. The number of carbonyl (C=O) groups excluding carboxylic acids is 1. The van der Waals surface area contributed by atoms with Gasteiger partial charge in [-0.25, -0.2) is 13.1 Å². The zero-order valence-corrected chi connectivity index (χ0v) is 15.7. The average molecular weight is 388 g/mol. The van der Waals surface area contributed by atoms with Crippen LogP contribution in [0.15, 0.2) is 53.4 Å². The molecule has 27 heavy (non-hydrogen) atoms. The van der Waals surface area contributed by atoms with Gasteiger partial charge in [0.15, 0.2) is 11.5 Å². The minimum absolute atomic E-state index is 0.144. The van der Waals surface area contributed by atoms with Gasteiger partial charge in [0.1, 0.15) is 0 Å². The van der Waals surface area contributed by atoms with Crippen LogP contribution < -0.4 is 19.5 Å². The summed E-state index contributed by atoms with van der Waals surface area (Å²) in [6.07, 6.45) is 3.05. The zero-order chi connectivity index (χ0) is 19.4. The highest BCUT2D eigenvalue weighted by Crippen LogP contribution is 2.32. The number of hydrogen-bond donors (Lipinski definition) is 2. The van der Waals surface area contributed by atoms with Crippen LogP contribution in [0, 0.1) is 0 Å². The van der Waals surface area contributed by atoms with Gasteiger partial charge in [-0.1, -0.05) is 6.07 Å². The molecule has 0 aromatic heterocycles. The van der Waals surface area contributed by atoms with Gasteiger partial charge in [-0.3, -0.25) is 4.79 Å². The maximum Gasteiger partial charge on any atom is 0.248 e. The van der Waals surface area contributed by atoms with E-state index in [1.807, 2.05) is 6.07 Å². The normalized spacial score (nSPS) is 13.3. The fraction of sp³-hybridized carbons (Fsp3) is 0.211. The van der Waals surface area contributed by atoms with Crippen LogP contribution in [0.2, 0.25) is 0 Å². The van der Waals surface area contributed by atoms with Gasteiger partial charge in [0.2, 0.25) is 22.7 Å². The molecule has 0 fully saturated rings. The molecule has 1 heterocycles. The molecule has 0 saturated carbocycles. The summed E-state index contributed by atoms with van der Waals surface area (Å²) in [7, 11) is -3.55. The van der Waals surface area contributed by atoms with Gasteiger partial charge in [-0.05, 0) is 61.9 Å². The largest absolute Gasteiger partial charge is 0.454 e. The summed E-state index contributed by atoms with van der Waals surface area (Å²) in [5, 5.41) is 2.69. The molecule has 1 aliphatic rings. The number of sulfonamides is 1. The van der Waals surface area contributed by atoms with Crippen LogP contribution in [0.3, 0.4) is 0 Å². The predicted molar refractivity (Wildman–Crippen MR) is 102 cm³/mol. The molecule has 3 rings (SSSR count). The number of anilines is 1. The van der Waals surface area contributed by atoms with E-state index in [1.165, 1.54) is 18.2 Å². The Labute approximate surface area is 158 Å². The van der Waals surface area contributed by atoms with Gasteiger partial charge in [-0.15, -0.1) is 0 Å². The van der Waals surface area contributed by atoms with Crippen LogP contribution in [0.25, 0.3) is 6.08 Å². The number of rotatable bonds is 6. The lowest BCUT2D eigenvalue weighted by atomic mass is 10.2. The van der Waals surface area contributed by atoms with Crippen LogP contribution >= 0.6 is 0 Å². The highest BCUT2D eigenvalue weighted by Gasteiger charge is 2.15. The van der Waals surface area contributed by atoms with Gasteiger partial charge in [0.05, 0.1) is 4.90 Å². The molecule has 0 aliphatic carbocycles. The summed E-state index contributed by atoms with van der Waals surface area (Å²) < 4.78 is 37.2. The Kier molecular flexibility index (Phi) is 5.48. The van der Waals surface area contributed by atoms with E-state index in [9.17, 15) is 13.2 Å². The first-order valence-electron chi connectivity index (χ1n) is 8.34. The average Bonchev–Trinajstić information content (AvgIpc) is 3.07. The molecular formula is C19H20N2O5S. The van der Waals surface area contributed by atoms with E-state index in [-0.39, 0.29) is 23.6 Å². The highest BCUT2D eigenvalue weighted by molar-refractivity contribution is 7.89. The minimum Gasteiger partial charge on any atom is -0.454 e. The van der Waals surface area contributed by atoms with Crippen LogP contribution in [0.4, 0.5) is 5.69 Å². The predicted octanol–water partition coefficient (Wildman–Crippen LogP) is 2.75. The first-order chi connectivity index (χ1) is 12.8.